The van der Waals surface area contributed by atoms with E-state index >= 15 is 0 Å². The number of hydrogen-bond donors (Lipinski definition) is 2. The number of carboxylic acid groups (broad SMARTS) is 1. The smallest absolute Gasteiger partial charge is 0.335 e. The molecule has 0 spiro atoms. The number of rotatable bonds is 5. The highest BCUT2D eigenvalue weighted by molar-refractivity contribution is 6.33. The molecule has 6 heteroatoms. The standard InChI is InChI=1S/C13H17ClN2O3/c1-3-7-16(4-2)13(19)15-11-8-9(12(17)18)5-6-10(11)14/h5-6,8H,3-4,7H2,1-2H3,(H,15,19)(H,17,18). The van der Waals surface area contributed by atoms with Crippen molar-refractivity contribution in [1.29, 1.82) is 0 Å². The summed E-state index contributed by atoms with van der Waals surface area (Å²) in [5, 5.41) is 11.9. The van der Waals surface area contributed by atoms with E-state index in [2.05, 4.69) is 5.32 Å². The van der Waals surface area contributed by atoms with E-state index in [4.69, 9.17) is 16.7 Å². The molecule has 0 saturated heterocycles. The molecule has 2 amide bonds. The minimum Gasteiger partial charge on any atom is -0.478 e. The van der Waals surface area contributed by atoms with Gasteiger partial charge in [-0.25, -0.2) is 9.59 Å². The first-order chi connectivity index (χ1) is 8.99. The van der Waals surface area contributed by atoms with Crippen molar-refractivity contribution >= 4 is 29.3 Å². The minimum absolute atomic E-state index is 0.0817. The molecule has 19 heavy (non-hydrogen) atoms. The summed E-state index contributed by atoms with van der Waals surface area (Å²) in [6.45, 7) is 5.08. The quantitative estimate of drug-likeness (QED) is 0.871. The molecule has 0 aromatic heterocycles. The number of carbonyl (C=O) groups is 2. The zero-order chi connectivity index (χ0) is 14.4. The second-order valence-corrected chi connectivity index (χ2v) is 4.42. The number of aromatic carboxylic acids is 1. The molecule has 1 rings (SSSR count). The predicted octanol–water partition coefficient (Wildman–Crippen LogP) is 3.30. The third kappa shape index (κ3) is 4.13. The van der Waals surface area contributed by atoms with Crippen LogP contribution in [-0.4, -0.2) is 35.1 Å². The molecule has 1 aromatic carbocycles. The van der Waals surface area contributed by atoms with Gasteiger partial charge >= 0.3 is 12.0 Å². The maximum absolute atomic E-state index is 12.0. The first kappa shape index (κ1) is 15.3. The molecule has 0 saturated carbocycles. The Morgan fingerprint density at radius 1 is 1.37 bits per heavy atom. The van der Waals surface area contributed by atoms with Crippen molar-refractivity contribution in [2.24, 2.45) is 0 Å². The predicted molar refractivity (Wildman–Crippen MR) is 75.0 cm³/mol. The average molecular weight is 285 g/mol. The van der Waals surface area contributed by atoms with Gasteiger partial charge in [0.2, 0.25) is 0 Å². The number of nitrogens with zero attached hydrogens (tertiary/aromatic N) is 1. The fraction of sp³-hybridized carbons (Fsp3) is 0.385. The number of benzene rings is 1. The Morgan fingerprint density at radius 2 is 2.05 bits per heavy atom. The average Bonchev–Trinajstić information content (AvgIpc) is 2.38. The maximum Gasteiger partial charge on any atom is 0.335 e. The molecular formula is C13H17ClN2O3. The molecule has 104 valence electrons. The van der Waals surface area contributed by atoms with Crippen molar-refractivity contribution in [1.82, 2.24) is 4.90 Å². The van der Waals surface area contributed by atoms with Crippen LogP contribution in [0.5, 0.6) is 0 Å². The lowest BCUT2D eigenvalue weighted by molar-refractivity contribution is 0.0697. The molecule has 0 heterocycles. The van der Waals surface area contributed by atoms with Gasteiger partial charge < -0.3 is 15.3 Å². The van der Waals surface area contributed by atoms with Crippen molar-refractivity contribution < 1.29 is 14.7 Å². The third-order valence-electron chi connectivity index (χ3n) is 2.62. The molecule has 0 fully saturated rings. The monoisotopic (exact) mass is 284 g/mol. The highest BCUT2D eigenvalue weighted by Crippen LogP contribution is 2.23. The van der Waals surface area contributed by atoms with Gasteiger partial charge in [0.25, 0.3) is 0 Å². The number of hydrogen-bond acceptors (Lipinski definition) is 2. The topological polar surface area (TPSA) is 69.6 Å². The molecule has 0 radical (unpaired) electrons. The summed E-state index contributed by atoms with van der Waals surface area (Å²) in [6, 6.07) is 3.91. The van der Waals surface area contributed by atoms with Crippen LogP contribution < -0.4 is 5.32 Å². The zero-order valence-electron chi connectivity index (χ0n) is 10.9. The van der Waals surface area contributed by atoms with E-state index in [-0.39, 0.29) is 11.6 Å². The van der Waals surface area contributed by atoms with Gasteiger partial charge in [-0.05, 0) is 31.5 Å². The van der Waals surface area contributed by atoms with Crippen molar-refractivity contribution in [3.63, 3.8) is 0 Å². The molecular weight excluding hydrogens is 268 g/mol. The third-order valence-corrected chi connectivity index (χ3v) is 2.95. The minimum atomic E-state index is -1.06. The lowest BCUT2D eigenvalue weighted by Gasteiger charge is -2.21. The number of halogens is 1. The Labute approximate surface area is 117 Å². The van der Waals surface area contributed by atoms with E-state index in [0.29, 0.717) is 23.8 Å². The largest absolute Gasteiger partial charge is 0.478 e. The lowest BCUT2D eigenvalue weighted by Crippen LogP contribution is -2.35. The summed E-state index contributed by atoms with van der Waals surface area (Å²) in [5.41, 5.74) is 0.388. The van der Waals surface area contributed by atoms with Crippen LogP contribution in [-0.2, 0) is 0 Å². The maximum atomic E-state index is 12.0. The molecule has 5 nitrogen and oxygen atoms in total. The first-order valence-electron chi connectivity index (χ1n) is 6.08. The number of carbonyl (C=O) groups excluding carboxylic acids is 1. The number of urea groups is 1. The SMILES string of the molecule is CCCN(CC)C(=O)Nc1cc(C(=O)O)ccc1Cl. The van der Waals surface area contributed by atoms with Gasteiger partial charge in [-0.3, -0.25) is 0 Å². The van der Waals surface area contributed by atoms with Crippen molar-refractivity contribution in [2.75, 3.05) is 18.4 Å². The first-order valence-corrected chi connectivity index (χ1v) is 6.46. The van der Waals surface area contributed by atoms with E-state index in [1.165, 1.54) is 18.2 Å². The summed E-state index contributed by atoms with van der Waals surface area (Å²) in [4.78, 5) is 24.5. The van der Waals surface area contributed by atoms with Crippen LogP contribution in [0, 0.1) is 0 Å². The molecule has 1 aromatic rings. The van der Waals surface area contributed by atoms with Crippen LogP contribution in [0.25, 0.3) is 0 Å². The summed E-state index contributed by atoms with van der Waals surface area (Å²) < 4.78 is 0. The Kier molecular flexibility index (Phi) is 5.63. The summed E-state index contributed by atoms with van der Waals surface area (Å²) >= 11 is 5.94. The molecule has 0 aliphatic carbocycles. The lowest BCUT2D eigenvalue weighted by atomic mass is 10.2. The van der Waals surface area contributed by atoms with Gasteiger partial charge in [-0.2, -0.15) is 0 Å². The fourth-order valence-electron chi connectivity index (χ4n) is 1.62. The second kappa shape index (κ2) is 6.99. The van der Waals surface area contributed by atoms with Crippen molar-refractivity contribution in [2.45, 2.75) is 20.3 Å². The van der Waals surface area contributed by atoms with E-state index in [0.717, 1.165) is 6.42 Å². The van der Waals surface area contributed by atoms with Gasteiger partial charge in [-0.15, -0.1) is 0 Å². The fourth-order valence-corrected chi connectivity index (χ4v) is 1.79. The van der Waals surface area contributed by atoms with Crippen LogP contribution >= 0.6 is 11.6 Å². The van der Waals surface area contributed by atoms with Crippen LogP contribution in [0.15, 0.2) is 18.2 Å². The highest BCUT2D eigenvalue weighted by Gasteiger charge is 2.14. The van der Waals surface area contributed by atoms with Gasteiger partial charge in [-0.1, -0.05) is 18.5 Å². The van der Waals surface area contributed by atoms with E-state index in [1.807, 2.05) is 13.8 Å². The number of amides is 2. The molecule has 0 aliphatic rings. The molecule has 0 unspecified atom stereocenters. The van der Waals surface area contributed by atoms with Gasteiger partial charge in [0.15, 0.2) is 0 Å². The highest BCUT2D eigenvalue weighted by atomic mass is 35.5. The number of nitrogens with one attached hydrogen (secondary N) is 1. The van der Waals surface area contributed by atoms with E-state index in [1.54, 1.807) is 4.90 Å². The molecule has 2 N–H and O–H groups in total. The van der Waals surface area contributed by atoms with Crippen molar-refractivity contribution in [3.05, 3.63) is 28.8 Å². The summed E-state index contributed by atoms with van der Waals surface area (Å²) in [7, 11) is 0. The van der Waals surface area contributed by atoms with Crippen LogP contribution in [0.3, 0.4) is 0 Å². The Morgan fingerprint density at radius 3 is 2.58 bits per heavy atom. The van der Waals surface area contributed by atoms with Gasteiger partial charge in [0.05, 0.1) is 16.3 Å². The van der Waals surface area contributed by atoms with Crippen molar-refractivity contribution in [3.8, 4) is 0 Å². The normalized spacial score (nSPS) is 10.1. The number of carboxylic acids is 1. The van der Waals surface area contributed by atoms with E-state index in [9.17, 15) is 9.59 Å². The Balaban J connectivity index is 2.89. The Bertz CT molecular complexity index is 477. The van der Waals surface area contributed by atoms with Crippen LogP contribution in [0.2, 0.25) is 5.02 Å². The molecule has 0 aliphatic heterocycles. The van der Waals surface area contributed by atoms with Gasteiger partial charge in [0, 0.05) is 13.1 Å². The number of anilines is 1. The summed E-state index contributed by atoms with van der Waals surface area (Å²) in [5.74, 6) is -1.06. The summed E-state index contributed by atoms with van der Waals surface area (Å²) in [6.07, 6.45) is 0.851. The molecule has 0 bridgehead atoms. The van der Waals surface area contributed by atoms with E-state index < -0.39 is 5.97 Å². The van der Waals surface area contributed by atoms with Crippen LogP contribution in [0.4, 0.5) is 10.5 Å². The Hall–Kier alpha value is -1.75. The van der Waals surface area contributed by atoms with Crippen LogP contribution in [0.1, 0.15) is 30.6 Å². The molecule has 0 atom stereocenters. The second-order valence-electron chi connectivity index (χ2n) is 4.01. The van der Waals surface area contributed by atoms with Gasteiger partial charge in [0.1, 0.15) is 0 Å². The zero-order valence-corrected chi connectivity index (χ0v) is 11.7.